The summed E-state index contributed by atoms with van der Waals surface area (Å²) < 4.78 is 30.9. The molecule has 0 fully saturated rings. The third kappa shape index (κ3) is 4.79. The summed E-state index contributed by atoms with van der Waals surface area (Å²) in [7, 11) is 0. The van der Waals surface area contributed by atoms with E-state index in [2.05, 4.69) is 25.6 Å². The fourth-order valence-electron chi connectivity index (χ4n) is 2.20. The molecule has 0 saturated heterocycles. The second kappa shape index (κ2) is 8.58. The largest absolute Gasteiger partial charge is 0.433 e. The van der Waals surface area contributed by atoms with Gasteiger partial charge in [-0.05, 0) is 41.6 Å². The van der Waals surface area contributed by atoms with E-state index in [9.17, 15) is 13.6 Å². The van der Waals surface area contributed by atoms with Gasteiger partial charge in [0.05, 0.1) is 16.6 Å². The predicted octanol–water partition coefficient (Wildman–Crippen LogP) is 3.38. The van der Waals surface area contributed by atoms with Crippen molar-refractivity contribution in [1.82, 2.24) is 20.2 Å². The lowest BCUT2D eigenvalue weighted by Gasteiger charge is -2.14. The van der Waals surface area contributed by atoms with Gasteiger partial charge >= 0.3 is 6.61 Å². The molecule has 0 aliphatic heterocycles. The number of alkyl halides is 2. The second-order valence-corrected chi connectivity index (χ2v) is 6.64. The number of ether oxygens (including phenoxy) is 1. The number of hydrogen-bond donors (Lipinski definition) is 1. The molecule has 0 saturated carbocycles. The minimum Gasteiger partial charge on any atom is -0.433 e. The first-order chi connectivity index (χ1) is 13.0. The Morgan fingerprint density at radius 2 is 1.85 bits per heavy atom. The van der Waals surface area contributed by atoms with Crippen molar-refractivity contribution in [2.45, 2.75) is 23.9 Å². The maximum Gasteiger partial charge on any atom is 0.387 e. The van der Waals surface area contributed by atoms with E-state index in [4.69, 9.17) is 0 Å². The molecule has 0 aliphatic carbocycles. The van der Waals surface area contributed by atoms with Crippen LogP contribution in [-0.2, 0) is 4.79 Å². The molecule has 140 valence electrons. The van der Waals surface area contributed by atoms with E-state index in [0.717, 1.165) is 17.4 Å². The highest BCUT2D eigenvalue weighted by molar-refractivity contribution is 8.00. The molecule has 0 bridgehead atoms. The number of anilines is 1. The number of thioether (sulfide) groups is 1. The Morgan fingerprint density at radius 1 is 1.15 bits per heavy atom. The van der Waals surface area contributed by atoms with Crippen molar-refractivity contribution >= 4 is 23.4 Å². The van der Waals surface area contributed by atoms with E-state index in [1.807, 2.05) is 30.3 Å². The number of rotatable bonds is 7. The highest BCUT2D eigenvalue weighted by atomic mass is 32.2. The van der Waals surface area contributed by atoms with Crippen LogP contribution in [0.2, 0.25) is 0 Å². The van der Waals surface area contributed by atoms with E-state index in [1.54, 1.807) is 19.1 Å². The third-order valence-corrected chi connectivity index (χ3v) is 4.49. The predicted molar refractivity (Wildman–Crippen MR) is 96.2 cm³/mol. The van der Waals surface area contributed by atoms with Crippen LogP contribution in [0.3, 0.4) is 0 Å². The van der Waals surface area contributed by atoms with Gasteiger partial charge in [0.2, 0.25) is 11.1 Å². The molecule has 1 N–H and O–H groups in total. The Balaban J connectivity index is 1.70. The van der Waals surface area contributed by atoms with E-state index < -0.39 is 17.8 Å². The number of tetrazole rings is 1. The van der Waals surface area contributed by atoms with Crippen molar-refractivity contribution in [2.75, 3.05) is 5.32 Å². The van der Waals surface area contributed by atoms with Gasteiger partial charge in [-0.25, -0.2) is 0 Å². The summed E-state index contributed by atoms with van der Waals surface area (Å²) in [5.74, 6) is -0.500. The van der Waals surface area contributed by atoms with Gasteiger partial charge in [0, 0.05) is 0 Å². The van der Waals surface area contributed by atoms with Crippen LogP contribution in [-0.4, -0.2) is 38.0 Å². The molecule has 1 aromatic heterocycles. The van der Waals surface area contributed by atoms with Crippen LogP contribution in [0, 0.1) is 0 Å². The molecular formula is C17H15F2N5O2S. The molecule has 2 aromatic carbocycles. The van der Waals surface area contributed by atoms with Crippen molar-refractivity contribution in [1.29, 1.82) is 0 Å². The van der Waals surface area contributed by atoms with Gasteiger partial charge in [0.25, 0.3) is 0 Å². The summed E-state index contributed by atoms with van der Waals surface area (Å²) in [6, 6.07) is 15.2. The zero-order valence-electron chi connectivity index (χ0n) is 14.1. The van der Waals surface area contributed by atoms with Crippen molar-refractivity contribution < 1.29 is 18.3 Å². The summed E-state index contributed by atoms with van der Waals surface area (Å²) in [6.45, 7) is -1.31. The van der Waals surface area contributed by atoms with E-state index in [0.29, 0.717) is 5.16 Å². The van der Waals surface area contributed by atoms with Crippen molar-refractivity contribution in [2.24, 2.45) is 0 Å². The van der Waals surface area contributed by atoms with Gasteiger partial charge in [0.1, 0.15) is 5.75 Å². The summed E-state index contributed by atoms with van der Waals surface area (Å²) in [5, 5.41) is 14.0. The molecule has 10 heteroatoms. The topological polar surface area (TPSA) is 81.9 Å². The smallest absolute Gasteiger partial charge is 0.387 e. The maximum atomic E-state index is 12.5. The van der Waals surface area contributed by atoms with E-state index in [-0.39, 0.29) is 11.4 Å². The molecule has 1 atom stereocenters. The Labute approximate surface area is 157 Å². The van der Waals surface area contributed by atoms with Crippen LogP contribution in [0.5, 0.6) is 5.75 Å². The fourth-order valence-corrected chi connectivity index (χ4v) is 3.01. The van der Waals surface area contributed by atoms with Gasteiger partial charge in [0.15, 0.2) is 0 Å². The number of carbonyl (C=O) groups is 1. The quantitative estimate of drug-likeness (QED) is 0.622. The van der Waals surface area contributed by atoms with Crippen molar-refractivity contribution in [3.8, 4) is 11.4 Å². The minimum atomic E-state index is -2.98. The summed E-state index contributed by atoms with van der Waals surface area (Å²) in [5.41, 5.74) is 0.922. The molecule has 1 heterocycles. The lowest BCUT2D eigenvalue weighted by atomic mass is 10.3. The standard InChI is InChI=1S/C17H15F2N5O2S/c1-11(15(25)20-13-9-5-6-10-14(13)26-16(18)19)27-17-21-22-23-24(17)12-7-3-2-4-8-12/h2-11,16H,1H3,(H,20,25). The zero-order valence-corrected chi connectivity index (χ0v) is 14.9. The maximum absolute atomic E-state index is 12.5. The molecule has 1 unspecified atom stereocenters. The first kappa shape index (κ1) is 18.8. The first-order valence-corrected chi connectivity index (χ1v) is 8.77. The van der Waals surface area contributed by atoms with E-state index in [1.165, 1.54) is 16.8 Å². The number of nitrogens with zero attached hydrogens (tertiary/aromatic N) is 4. The lowest BCUT2D eigenvalue weighted by molar-refractivity contribution is -0.115. The van der Waals surface area contributed by atoms with Gasteiger partial charge in [-0.15, -0.1) is 5.10 Å². The summed E-state index contributed by atoms with van der Waals surface area (Å²) in [6.07, 6.45) is 0. The minimum absolute atomic E-state index is 0.104. The van der Waals surface area contributed by atoms with Crippen LogP contribution in [0.15, 0.2) is 59.8 Å². The Kier molecular flexibility index (Phi) is 5.97. The number of aromatic nitrogens is 4. The van der Waals surface area contributed by atoms with Gasteiger partial charge in [-0.3, -0.25) is 4.79 Å². The molecule has 0 spiro atoms. The van der Waals surface area contributed by atoms with Crippen LogP contribution >= 0.6 is 11.8 Å². The molecule has 3 aromatic rings. The number of amides is 1. The highest BCUT2D eigenvalue weighted by Gasteiger charge is 2.21. The third-order valence-electron chi connectivity index (χ3n) is 3.45. The molecule has 0 aliphatic rings. The van der Waals surface area contributed by atoms with Gasteiger partial charge in [-0.1, -0.05) is 42.1 Å². The first-order valence-electron chi connectivity index (χ1n) is 7.90. The average Bonchev–Trinajstić information content (AvgIpc) is 3.11. The Morgan fingerprint density at radius 3 is 2.59 bits per heavy atom. The highest BCUT2D eigenvalue weighted by Crippen LogP contribution is 2.28. The zero-order chi connectivity index (χ0) is 19.2. The van der Waals surface area contributed by atoms with Crippen LogP contribution in [0.4, 0.5) is 14.5 Å². The second-order valence-electron chi connectivity index (χ2n) is 5.33. The monoisotopic (exact) mass is 391 g/mol. The summed E-state index contributed by atoms with van der Waals surface area (Å²) >= 11 is 1.14. The average molecular weight is 391 g/mol. The molecule has 1 amide bonds. The number of hydrogen-bond acceptors (Lipinski definition) is 6. The summed E-state index contributed by atoms with van der Waals surface area (Å²) in [4.78, 5) is 12.5. The van der Waals surface area contributed by atoms with E-state index >= 15 is 0 Å². The molecular weight excluding hydrogens is 376 g/mol. The normalized spacial score (nSPS) is 12.0. The number of nitrogens with one attached hydrogen (secondary N) is 1. The van der Waals surface area contributed by atoms with Crippen LogP contribution < -0.4 is 10.1 Å². The SMILES string of the molecule is CC(Sc1nnnn1-c1ccccc1)C(=O)Nc1ccccc1OC(F)F. The van der Waals surface area contributed by atoms with Crippen LogP contribution in [0.1, 0.15) is 6.92 Å². The van der Waals surface area contributed by atoms with Crippen LogP contribution in [0.25, 0.3) is 5.69 Å². The molecule has 3 rings (SSSR count). The molecule has 27 heavy (non-hydrogen) atoms. The van der Waals surface area contributed by atoms with Crippen molar-refractivity contribution in [3.63, 3.8) is 0 Å². The fraction of sp³-hybridized carbons (Fsp3) is 0.176. The van der Waals surface area contributed by atoms with Gasteiger partial charge in [-0.2, -0.15) is 13.5 Å². The molecule has 7 nitrogen and oxygen atoms in total. The van der Waals surface area contributed by atoms with Crippen molar-refractivity contribution in [3.05, 3.63) is 54.6 Å². The Hall–Kier alpha value is -3.01. The number of carbonyl (C=O) groups excluding carboxylic acids is 1. The van der Waals surface area contributed by atoms with Gasteiger partial charge < -0.3 is 10.1 Å². The number of para-hydroxylation sites is 3. The molecule has 0 radical (unpaired) electrons. The lowest BCUT2D eigenvalue weighted by Crippen LogP contribution is -2.23. The number of benzene rings is 2. The number of halogens is 2. The Bertz CT molecular complexity index is 907.